The predicted molar refractivity (Wildman–Crippen MR) is 76.6 cm³/mol. The molecule has 0 unspecified atom stereocenters. The van der Waals surface area contributed by atoms with Crippen molar-refractivity contribution in [2.75, 3.05) is 53.0 Å². The van der Waals surface area contributed by atoms with Crippen molar-refractivity contribution in [3.63, 3.8) is 0 Å². The summed E-state index contributed by atoms with van der Waals surface area (Å²) in [6.45, 7) is 3.77. The highest BCUT2D eigenvalue weighted by Gasteiger charge is 2.30. The van der Waals surface area contributed by atoms with Crippen LogP contribution in [0.25, 0.3) is 0 Å². The number of likely N-dealkylation sites (N-methyl/N-ethyl adjacent to an activating group) is 1. The third-order valence-electron chi connectivity index (χ3n) is 3.93. The smallest absolute Gasteiger partial charge is 0.237 e. The molecule has 0 radical (unpaired) electrons. The zero-order chi connectivity index (χ0) is 15.2. The van der Waals surface area contributed by atoms with E-state index in [4.69, 9.17) is 15.2 Å². The average molecular weight is 299 g/mol. The number of morpholine rings is 1. The van der Waals surface area contributed by atoms with E-state index in [0.29, 0.717) is 26.4 Å². The van der Waals surface area contributed by atoms with Crippen LogP contribution in [0.1, 0.15) is 12.8 Å². The molecule has 2 aliphatic rings. The molecule has 120 valence electrons. The van der Waals surface area contributed by atoms with Gasteiger partial charge in [0.25, 0.3) is 0 Å². The van der Waals surface area contributed by atoms with Gasteiger partial charge in [-0.3, -0.25) is 9.59 Å². The van der Waals surface area contributed by atoms with Crippen LogP contribution < -0.4 is 5.73 Å². The molecule has 2 fully saturated rings. The number of carbonyl (C=O) groups excluding carboxylic acids is 2. The van der Waals surface area contributed by atoms with Gasteiger partial charge in [0.2, 0.25) is 11.8 Å². The SMILES string of the molecule is CN1CCO[C@H](CN(CC(N)=O)C(=O)[C@H]2CCCOC2)C1. The Morgan fingerprint density at radius 2 is 2.19 bits per heavy atom. The summed E-state index contributed by atoms with van der Waals surface area (Å²) in [7, 11) is 2.02. The Morgan fingerprint density at radius 1 is 1.38 bits per heavy atom. The van der Waals surface area contributed by atoms with Crippen LogP contribution >= 0.6 is 0 Å². The van der Waals surface area contributed by atoms with Gasteiger partial charge in [-0.05, 0) is 19.9 Å². The van der Waals surface area contributed by atoms with Gasteiger partial charge in [-0.1, -0.05) is 0 Å². The molecule has 0 spiro atoms. The number of amides is 2. The van der Waals surface area contributed by atoms with E-state index in [1.807, 2.05) is 7.05 Å². The fourth-order valence-electron chi connectivity index (χ4n) is 2.84. The molecule has 2 saturated heterocycles. The van der Waals surface area contributed by atoms with Crippen molar-refractivity contribution < 1.29 is 19.1 Å². The monoisotopic (exact) mass is 299 g/mol. The van der Waals surface area contributed by atoms with Crippen LogP contribution in [-0.4, -0.2) is 80.8 Å². The lowest BCUT2D eigenvalue weighted by Gasteiger charge is -2.35. The van der Waals surface area contributed by atoms with E-state index in [1.165, 1.54) is 4.90 Å². The second-order valence-corrected chi connectivity index (χ2v) is 5.85. The van der Waals surface area contributed by atoms with Gasteiger partial charge in [0.05, 0.1) is 31.8 Å². The van der Waals surface area contributed by atoms with Crippen LogP contribution in [0.4, 0.5) is 0 Å². The molecule has 0 saturated carbocycles. The fraction of sp³-hybridized carbons (Fsp3) is 0.857. The summed E-state index contributed by atoms with van der Waals surface area (Å²) < 4.78 is 11.0. The molecule has 2 amide bonds. The molecule has 2 heterocycles. The zero-order valence-electron chi connectivity index (χ0n) is 12.6. The minimum absolute atomic E-state index is 0.0506. The van der Waals surface area contributed by atoms with E-state index in [9.17, 15) is 9.59 Å². The largest absolute Gasteiger partial charge is 0.381 e. The number of carbonyl (C=O) groups is 2. The van der Waals surface area contributed by atoms with E-state index in [0.717, 1.165) is 25.9 Å². The first-order valence-electron chi connectivity index (χ1n) is 7.51. The third kappa shape index (κ3) is 4.94. The van der Waals surface area contributed by atoms with Crippen molar-refractivity contribution in [2.24, 2.45) is 11.7 Å². The van der Waals surface area contributed by atoms with Crippen molar-refractivity contribution in [3.05, 3.63) is 0 Å². The molecule has 0 aromatic carbocycles. The maximum atomic E-state index is 12.6. The number of primary amides is 1. The van der Waals surface area contributed by atoms with Gasteiger partial charge in [0, 0.05) is 26.2 Å². The Morgan fingerprint density at radius 3 is 2.81 bits per heavy atom. The van der Waals surface area contributed by atoms with Crippen molar-refractivity contribution >= 4 is 11.8 Å². The maximum absolute atomic E-state index is 12.6. The lowest BCUT2D eigenvalue weighted by molar-refractivity contribution is -0.145. The van der Waals surface area contributed by atoms with Gasteiger partial charge in [0.1, 0.15) is 0 Å². The molecular formula is C14H25N3O4. The maximum Gasteiger partial charge on any atom is 0.237 e. The zero-order valence-corrected chi connectivity index (χ0v) is 12.6. The van der Waals surface area contributed by atoms with Crippen molar-refractivity contribution in [1.29, 1.82) is 0 Å². The highest BCUT2D eigenvalue weighted by atomic mass is 16.5. The second kappa shape index (κ2) is 7.72. The summed E-state index contributed by atoms with van der Waals surface area (Å²) in [5.74, 6) is -0.714. The summed E-state index contributed by atoms with van der Waals surface area (Å²) in [4.78, 5) is 27.5. The van der Waals surface area contributed by atoms with Crippen LogP contribution in [0.15, 0.2) is 0 Å². The molecule has 2 rings (SSSR count). The predicted octanol–water partition coefficient (Wildman–Crippen LogP) is -0.942. The van der Waals surface area contributed by atoms with Crippen molar-refractivity contribution in [1.82, 2.24) is 9.80 Å². The number of nitrogens with two attached hydrogens (primary N) is 1. The number of rotatable bonds is 5. The average Bonchev–Trinajstić information content (AvgIpc) is 2.46. The molecule has 2 atom stereocenters. The minimum Gasteiger partial charge on any atom is -0.381 e. The van der Waals surface area contributed by atoms with E-state index < -0.39 is 5.91 Å². The van der Waals surface area contributed by atoms with E-state index in [2.05, 4.69) is 4.90 Å². The van der Waals surface area contributed by atoms with Gasteiger partial charge in [-0.25, -0.2) is 0 Å². The van der Waals surface area contributed by atoms with Gasteiger partial charge in [-0.2, -0.15) is 0 Å². The quantitative estimate of drug-likeness (QED) is 0.708. The minimum atomic E-state index is -0.496. The number of nitrogens with zero attached hydrogens (tertiary/aromatic N) is 2. The molecule has 21 heavy (non-hydrogen) atoms. The first kappa shape index (κ1) is 16.2. The Labute approximate surface area is 125 Å². The van der Waals surface area contributed by atoms with E-state index in [-0.39, 0.29) is 24.5 Å². The van der Waals surface area contributed by atoms with Crippen molar-refractivity contribution in [2.45, 2.75) is 18.9 Å². The number of hydrogen-bond donors (Lipinski definition) is 1. The van der Waals surface area contributed by atoms with Crippen LogP contribution in [-0.2, 0) is 19.1 Å². The van der Waals surface area contributed by atoms with Gasteiger partial charge >= 0.3 is 0 Å². The Bertz CT molecular complexity index is 371. The Balaban J connectivity index is 1.95. The van der Waals surface area contributed by atoms with Crippen LogP contribution in [0.3, 0.4) is 0 Å². The second-order valence-electron chi connectivity index (χ2n) is 5.85. The lowest BCUT2D eigenvalue weighted by atomic mass is 10.0. The first-order chi connectivity index (χ1) is 10.1. The highest BCUT2D eigenvalue weighted by molar-refractivity contribution is 5.85. The molecule has 7 nitrogen and oxygen atoms in total. The molecule has 7 heteroatoms. The molecule has 2 N–H and O–H groups in total. The van der Waals surface area contributed by atoms with Gasteiger partial charge < -0.3 is 25.0 Å². The lowest BCUT2D eigenvalue weighted by Crippen LogP contribution is -2.51. The highest BCUT2D eigenvalue weighted by Crippen LogP contribution is 2.17. The molecule has 2 aliphatic heterocycles. The fourth-order valence-corrected chi connectivity index (χ4v) is 2.84. The molecule has 0 aliphatic carbocycles. The Kier molecular flexibility index (Phi) is 5.96. The number of ether oxygens (including phenoxy) is 2. The summed E-state index contributed by atoms with van der Waals surface area (Å²) in [5.41, 5.74) is 5.28. The van der Waals surface area contributed by atoms with Crippen LogP contribution in [0, 0.1) is 5.92 Å². The summed E-state index contributed by atoms with van der Waals surface area (Å²) in [6.07, 6.45) is 1.61. The molecule has 0 aromatic heterocycles. The van der Waals surface area contributed by atoms with Crippen LogP contribution in [0.2, 0.25) is 0 Å². The normalized spacial score (nSPS) is 27.3. The number of hydrogen-bond acceptors (Lipinski definition) is 5. The molecule has 0 aromatic rings. The molecule has 0 bridgehead atoms. The Hall–Kier alpha value is -1.18. The molecular weight excluding hydrogens is 274 g/mol. The summed E-state index contributed by atoms with van der Waals surface area (Å²) in [6, 6.07) is 0. The summed E-state index contributed by atoms with van der Waals surface area (Å²) >= 11 is 0. The van der Waals surface area contributed by atoms with Gasteiger partial charge in [0.15, 0.2) is 0 Å². The third-order valence-corrected chi connectivity index (χ3v) is 3.93. The van der Waals surface area contributed by atoms with E-state index in [1.54, 1.807) is 0 Å². The van der Waals surface area contributed by atoms with Crippen LogP contribution in [0.5, 0.6) is 0 Å². The van der Waals surface area contributed by atoms with Crippen molar-refractivity contribution in [3.8, 4) is 0 Å². The topological polar surface area (TPSA) is 85.1 Å². The van der Waals surface area contributed by atoms with Gasteiger partial charge in [-0.15, -0.1) is 0 Å². The standard InChI is InChI=1S/C14H25N3O4/c1-16-4-6-21-12(7-16)8-17(9-13(15)18)14(19)11-3-2-5-20-10-11/h11-12H,2-10H2,1H3,(H2,15,18)/t11-,12-/m0/s1. The summed E-state index contributed by atoms with van der Waals surface area (Å²) in [5, 5.41) is 0. The first-order valence-corrected chi connectivity index (χ1v) is 7.51. The van der Waals surface area contributed by atoms with E-state index >= 15 is 0 Å².